The lowest BCUT2D eigenvalue weighted by atomic mass is 10.4. The van der Waals surface area contributed by atoms with Crippen LogP contribution in [0.4, 0.5) is 0 Å². The molecule has 1 N–H and O–H groups in total. The van der Waals surface area contributed by atoms with Crippen LogP contribution in [0.25, 0.3) is 0 Å². The molecular formula is C10H15N3O2S. The Balaban J connectivity index is 2.09. The fourth-order valence-corrected chi connectivity index (χ4v) is 3.05. The summed E-state index contributed by atoms with van der Waals surface area (Å²) in [5.74, 6) is 0.317. The number of carbonyl (C=O) groups is 1. The monoisotopic (exact) mass is 241 g/mol. The summed E-state index contributed by atoms with van der Waals surface area (Å²) in [7, 11) is 0. The molecule has 0 spiro atoms. The van der Waals surface area contributed by atoms with Crippen LogP contribution in [0.1, 0.15) is 32.6 Å². The maximum atomic E-state index is 11.4. The molecule has 1 unspecified atom stereocenters. The third-order valence-corrected chi connectivity index (χ3v) is 3.90. The van der Waals surface area contributed by atoms with E-state index in [2.05, 4.69) is 10.2 Å². The highest BCUT2D eigenvalue weighted by molar-refractivity contribution is 7.99. The number of nitrogens with one attached hydrogen (secondary N) is 1. The van der Waals surface area contributed by atoms with Gasteiger partial charge < -0.3 is 0 Å². The van der Waals surface area contributed by atoms with Crippen LogP contribution in [0.2, 0.25) is 0 Å². The predicted molar refractivity (Wildman–Crippen MR) is 61.6 cm³/mol. The van der Waals surface area contributed by atoms with E-state index in [1.165, 1.54) is 0 Å². The van der Waals surface area contributed by atoms with Gasteiger partial charge in [-0.1, -0.05) is 18.7 Å². The summed E-state index contributed by atoms with van der Waals surface area (Å²) in [5, 5.41) is 7.46. The maximum Gasteiger partial charge on any atom is 0.343 e. The molecule has 1 saturated carbocycles. The molecule has 88 valence electrons. The van der Waals surface area contributed by atoms with E-state index < -0.39 is 0 Å². The van der Waals surface area contributed by atoms with Crippen LogP contribution < -0.4 is 5.69 Å². The first-order valence-corrected chi connectivity index (χ1v) is 6.42. The third-order valence-electron chi connectivity index (χ3n) is 2.64. The van der Waals surface area contributed by atoms with E-state index in [4.69, 9.17) is 0 Å². The molecule has 0 amide bonds. The minimum absolute atomic E-state index is 0.159. The Morgan fingerprint density at radius 1 is 1.56 bits per heavy atom. The van der Waals surface area contributed by atoms with Crippen molar-refractivity contribution in [3.05, 3.63) is 10.5 Å². The van der Waals surface area contributed by atoms with Gasteiger partial charge in [-0.3, -0.25) is 9.36 Å². The molecule has 1 fully saturated rings. The number of hydrogen-bond acceptors (Lipinski definition) is 4. The van der Waals surface area contributed by atoms with Gasteiger partial charge in [0.1, 0.15) is 5.78 Å². The van der Waals surface area contributed by atoms with Gasteiger partial charge in [-0.15, -0.1) is 5.10 Å². The molecule has 16 heavy (non-hydrogen) atoms. The second-order valence-electron chi connectivity index (χ2n) is 3.98. The van der Waals surface area contributed by atoms with Crippen LogP contribution in [0.3, 0.4) is 0 Å². The molecule has 1 aliphatic carbocycles. The molecule has 0 aliphatic heterocycles. The molecule has 1 heterocycles. The van der Waals surface area contributed by atoms with Crippen LogP contribution in [-0.2, 0) is 11.3 Å². The molecule has 1 aromatic rings. The number of rotatable bonds is 4. The van der Waals surface area contributed by atoms with Gasteiger partial charge >= 0.3 is 5.69 Å². The van der Waals surface area contributed by atoms with Crippen molar-refractivity contribution in [3.63, 3.8) is 0 Å². The van der Waals surface area contributed by atoms with Crippen molar-refractivity contribution < 1.29 is 4.79 Å². The number of H-pyrrole nitrogens is 1. The zero-order valence-electron chi connectivity index (χ0n) is 9.23. The predicted octanol–water partition coefficient (Wildman–Crippen LogP) is 1.20. The molecule has 6 heteroatoms. The lowest BCUT2D eigenvalue weighted by molar-refractivity contribution is -0.117. The number of Topliss-reactive ketones (excluding diaryl/α,β-unsaturated/α-hetero) is 1. The van der Waals surface area contributed by atoms with Crippen molar-refractivity contribution in [2.75, 3.05) is 0 Å². The number of ketones is 1. The van der Waals surface area contributed by atoms with Crippen molar-refractivity contribution in [1.29, 1.82) is 0 Å². The quantitative estimate of drug-likeness (QED) is 0.860. The van der Waals surface area contributed by atoms with Gasteiger partial charge in [0.15, 0.2) is 5.16 Å². The van der Waals surface area contributed by atoms with E-state index >= 15 is 0 Å². The summed E-state index contributed by atoms with van der Waals surface area (Å²) < 4.78 is 1.65. The van der Waals surface area contributed by atoms with Gasteiger partial charge in [-0.25, -0.2) is 9.89 Å². The van der Waals surface area contributed by atoms with Gasteiger partial charge in [0.05, 0.1) is 0 Å². The topological polar surface area (TPSA) is 67.8 Å². The Hall–Kier alpha value is -1.04. The average molecular weight is 241 g/mol. The average Bonchev–Trinajstić information content (AvgIpc) is 2.79. The normalized spacial score (nSPS) is 20.6. The van der Waals surface area contributed by atoms with E-state index in [0.29, 0.717) is 35.6 Å². The minimum atomic E-state index is -0.159. The van der Waals surface area contributed by atoms with Crippen molar-refractivity contribution in [2.45, 2.75) is 49.6 Å². The van der Waals surface area contributed by atoms with Crippen molar-refractivity contribution in [3.8, 4) is 0 Å². The summed E-state index contributed by atoms with van der Waals surface area (Å²) in [5.41, 5.74) is -0.159. The molecule has 0 saturated heterocycles. The summed E-state index contributed by atoms with van der Waals surface area (Å²) in [6.45, 7) is 2.70. The number of hydrogen-bond donors (Lipinski definition) is 1. The maximum absolute atomic E-state index is 11.4. The van der Waals surface area contributed by atoms with Crippen LogP contribution in [0.15, 0.2) is 9.95 Å². The molecule has 0 bridgehead atoms. The molecule has 1 aliphatic rings. The zero-order chi connectivity index (χ0) is 11.5. The standard InChI is InChI=1S/C10H15N3O2S/c1-2-5-13-9(15)11-12-10(13)16-8-4-3-7(14)6-8/h8H,2-6H2,1H3,(H,11,15). The number of carbonyl (C=O) groups excluding carboxylic acids is 1. The Morgan fingerprint density at radius 3 is 3.00 bits per heavy atom. The van der Waals surface area contributed by atoms with Crippen molar-refractivity contribution >= 4 is 17.5 Å². The lowest BCUT2D eigenvalue weighted by Gasteiger charge is -2.07. The smallest absolute Gasteiger partial charge is 0.300 e. The molecule has 1 aromatic heterocycles. The summed E-state index contributed by atoms with van der Waals surface area (Å²) >= 11 is 1.54. The van der Waals surface area contributed by atoms with E-state index in [9.17, 15) is 9.59 Å². The Morgan fingerprint density at radius 2 is 2.38 bits per heavy atom. The number of aromatic nitrogens is 3. The van der Waals surface area contributed by atoms with Crippen LogP contribution in [0, 0.1) is 0 Å². The highest BCUT2D eigenvalue weighted by Crippen LogP contribution is 2.31. The molecule has 1 atom stereocenters. The minimum Gasteiger partial charge on any atom is -0.300 e. The van der Waals surface area contributed by atoms with E-state index in [-0.39, 0.29) is 5.69 Å². The summed E-state index contributed by atoms with van der Waals surface area (Å²) in [6, 6.07) is 0. The van der Waals surface area contributed by atoms with Crippen molar-refractivity contribution in [2.24, 2.45) is 0 Å². The highest BCUT2D eigenvalue weighted by atomic mass is 32.2. The molecule has 2 rings (SSSR count). The second-order valence-corrected chi connectivity index (χ2v) is 5.25. The Kier molecular flexibility index (Phi) is 3.48. The van der Waals surface area contributed by atoms with Crippen molar-refractivity contribution in [1.82, 2.24) is 14.8 Å². The van der Waals surface area contributed by atoms with Gasteiger partial charge in [0.25, 0.3) is 0 Å². The fraction of sp³-hybridized carbons (Fsp3) is 0.700. The van der Waals surface area contributed by atoms with E-state index in [0.717, 1.165) is 12.8 Å². The lowest BCUT2D eigenvalue weighted by Crippen LogP contribution is -2.17. The number of thioether (sulfide) groups is 1. The van der Waals surface area contributed by atoms with Gasteiger partial charge in [-0.2, -0.15) is 0 Å². The third kappa shape index (κ3) is 2.37. The molecule has 5 nitrogen and oxygen atoms in total. The van der Waals surface area contributed by atoms with Gasteiger partial charge in [0, 0.05) is 24.6 Å². The van der Waals surface area contributed by atoms with Gasteiger partial charge in [-0.05, 0) is 12.8 Å². The van der Waals surface area contributed by atoms with Crippen LogP contribution >= 0.6 is 11.8 Å². The molecule has 0 aromatic carbocycles. The summed E-state index contributed by atoms with van der Waals surface area (Å²) in [6.07, 6.45) is 3.07. The SMILES string of the molecule is CCCn1c(SC2CCC(=O)C2)n[nH]c1=O. The highest BCUT2D eigenvalue weighted by Gasteiger charge is 2.25. The summed E-state index contributed by atoms with van der Waals surface area (Å²) in [4.78, 5) is 22.6. The van der Waals surface area contributed by atoms with E-state index in [1.807, 2.05) is 6.92 Å². The largest absolute Gasteiger partial charge is 0.343 e. The number of aromatic amines is 1. The fourth-order valence-electron chi connectivity index (χ4n) is 1.84. The van der Waals surface area contributed by atoms with Crippen LogP contribution in [0.5, 0.6) is 0 Å². The molecule has 0 radical (unpaired) electrons. The molecular weight excluding hydrogens is 226 g/mol. The van der Waals surface area contributed by atoms with E-state index in [1.54, 1.807) is 16.3 Å². The van der Waals surface area contributed by atoms with Gasteiger partial charge in [0.2, 0.25) is 0 Å². The number of nitrogens with zero attached hydrogens (tertiary/aromatic N) is 2. The first kappa shape index (κ1) is 11.4. The first-order chi connectivity index (χ1) is 7.70. The second kappa shape index (κ2) is 4.86. The zero-order valence-corrected chi connectivity index (χ0v) is 10.0. The van der Waals surface area contributed by atoms with Crippen LogP contribution in [-0.4, -0.2) is 25.8 Å². The first-order valence-electron chi connectivity index (χ1n) is 5.54. The Bertz CT molecular complexity index is 438. The Labute approximate surface area is 97.6 Å².